The summed E-state index contributed by atoms with van der Waals surface area (Å²) in [5.41, 5.74) is 4.06. The summed E-state index contributed by atoms with van der Waals surface area (Å²) >= 11 is 0. The Morgan fingerprint density at radius 2 is 1.76 bits per heavy atom. The third kappa shape index (κ3) is 5.53. The molecule has 3 aromatic carbocycles. The van der Waals surface area contributed by atoms with Gasteiger partial charge in [0.2, 0.25) is 0 Å². The van der Waals surface area contributed by atoms with Crippen molar-refractivity contribution in [3.8, 4) is 5.69 Å². The number of hydrogen-bond donors (Lipinski definition) is 0. The zero-order chi connectivity index (χ0) is 25.6. The first-order valence-electron chi connectivity index (χ1n) is 12.4. The lowest BCUT2D eigenvalue weighted by Crippen LogP contribution is -2.24. The van der Waals surface area contributed by atoms with E-state index in [1.165, 1.54) is 5.56 Å². The Kier molecular flexibility index (Phi) is 7.26. The summed E-state index contributed by atoms with van der Waals surface area (Å²) in [5, 5.41) is 7.28. The predicted octanol–water partition coefficient (Wildman–Crippen LogP) is 5.13. The molecule has 0 aliphatic carbocycles. The fourth-order valence-electron chi connectivity index (χ4n) is 4.61. The number of hydrogen-bond acceptors (Lipinski definition) is 6. The summed E-state index contributed by atoms with van der Waals surface area (Å²) in [7, 11) is 0. The lowest BCUT2D eigenvalue weighted by atomic mass is 9.99. The van der Waals surface area contributed by atoms with Crippen LogP contribution in [0.1, 0.15) is 42.6 Å². The van der Waals surface area contributed by atoms with E-state index in [4.69, 9.17) is 9.82 Å². The molecule has 5 rings (SSSR count). The van der Waals surface area contributed by atoms with Crippen LogP contribution in [-0.2, 0) is 22.5 Å². The van der Waals surface area contributed by atoms with Crippen molar-refractivity contribution in [3.63, 3.8) is 0 Å². The van der Waals surface area contributed by atoms with Crippen LogP contribution in [0.25, 0.3) is 16.6 Å². The second-order valence-corrected chi connectivity index (χ2v) is 9.09. The van der Waals surface area contributed by atoms with E-state index < -0.39 is 5.91 Å². The monoisotopic (exact) mass is 494 g/mol. The molecule has 37 heavy (non-hydrogen) atoms. The molecule has 0 saturated carbocycles. The van der Waals surface area contributed by atoms with Crippen LogP contribution in [-0.4, -0.2) is 27.3 Å². The van der Waals surface area contributed by atoms with Gasteiger partial charge in [-0.05, 0) is 42.7 Å². The summed E-state index contributed by atoms with van der Waals surface area (Å²) in [5.74, 6) is -0.0689. The van der Waals surface area contributed by atoms with Crippen LogP contribution in [0, 0.1) is 4.91 Å². The molecule has 2 heterocycles. The number of aromatic nitrogens is 2. The molecule has 0 bridgehead atoms. The number of nitroso groups, excluding NO2 is 1. The van der Waals surface area contributed by atoms with Crippen molar-refractivity contribution in [1.82, 2.24) is 9.55 Å². The number of para-hydroxylation sites is 1. The predicted molar refractivity (Wildman–Crippen MR) is 142 cm³/mol. The number of fused-ring (bicyclic) bond motifs is 1. The average Bonchev–Trinajstić information content (AvgIpc) is 3.40. The number of carbonyl (C=O) groups is 1. The largest absolute Gasteiger partial charge is 0.391 e. The van der Waals surface area contributed by atoms with E-state index in [0.717, 1.165) is 23.4 Å². The maximum Gasteiger partial charge on any atom is 0.286 e. The highest BCUT2D eigenvalue weighted by atomic mass is 16.6. The van der Waals surface area contributed by atoms with Crippen molar-refractivity contribution in [2.75, 3.05) is 0 Å². The number of amides is 1. The fourth-order valence-corrected chi connectivity index (χ4v) is 4.61. The van der Waals surface area contributed by atoms with E-state index in [1.807, 2.05) is 60.7 Å². The summed E-state index contributed by atoms with van der Waals surface area (Å²) in [6, 6.07) is 25.1. The highest BCUT2D eigenvalue weighted by molar-refractivity contribution is 6.03. The second kappa shape index (κ2) is 11.1. The molecule has 8 nitrogen and oxygen atoms in total. The first-order chi connectivity index (χ1) is 18.1. The van der Waals surface area contributed by atoms with Gasteiger partial charge in [0.15, 0.2) is 0 Å². The van der Waals surface area contributed by atoms with Crippen molar-refractivity contribution in [1.29, 1.82) is 0 Å². The Bertz CT molecular complexity index is 1510. The van der Waals surface area contributed by atoms with Crippen LogP contribution >= 0.6 is 0 Å². The van der Waals surface area contributed by atoms with Crippen LogP contribution in [0.2, 0.25) is 0 Å². The molecule has 0 radical (unpaired) electrons. The van der Waals surface area contributed by atoms with Gasteiger partial charge in [0.25, 0.3) is 11.5 Å². The molecule has 1 unspecified atom stereocenters. The molecule has 1 aliphatic rings. The number of rotatable bonds is 9. The van der Waals surface area contributed by atoms with Gasteiger partial charge in [-0.1, -0.05) is 59.8 Å². The van der Waals surface area contributed by atoms with Crippen molar-refractivity contribution >= 4 is 22.5 Å². The lowest BCUT2D eigenvalue weighted by molar-refractivity contribution is -0.118. The SMILES string of the molecule is O=NC(=O)CCCCc1nc2cc(C3=NOC(Cc4ccccc4)C3)ccc2c(=O)n1-c1ccccc1. The van der Waals surface area contributed by atoms with Gasteiger partial charge in [-0.15, -0.1) is 4.91 Å². The van der Waals surface area contributed by atoms with E-state index in [9.17, 15) is 14.5 Å². The number of carbonyl (C=O) groups excluding carboxylic acids is 1. The smallest absolute Gasteiger partial charge is 0.286 e. The molecular formula is C29H26N4O4. The van der Waals surface area contributed by atoms with Crippen LogP contribution < -0.4 is 5.56 Å². The van der Waals surface area contributed by atoms with Gasteiger partial charge in [0, 0.05) is 36.4 Å². The third-order valence-corrected chi connectivity index (χ3v) is 6.47. The Morgan fingerprint density at radius 1 is 1.00 bits per heavy atom. The minimum Gasteiger partial charge on any atom is -0.391 e. The van der Waals surface area contributed by atoms with Gasteiger partial charge in [-0.3, -0.25) is 14.2 Å². The molecule has 8 heteroatoms. The minimum atomic E-state index is -0.665. The zero-order valence-electron chi connectivity index (χ0n) is 20.2. The first-order valence-corrected chi connectivity index (χ1v) is 12.4. The maximum atomic E-state index is 13.6. The van der Waals surface area contributed by atoms with Gasteiger partial charge >= 0.3 is 0 Å². The standard InChI is InChI=1S/C29H26N4O4/c34-28(31-36)14-8-7-13-27-30-26-18-21(25-19-23(37-32-25)17-20-9-3-1-4-10-20)15-16-24(26)29(35)33(27)22-11-5-2-6-12-22/h1-6,9-12,15-16,18,23H,7-8,13-14,17,19H2. The number of aryl methyl sites for hydroxylation is 1. The summed E-state index contributed by atoms with van der Waals surface area (Å²) in [6.07, 6.45) is 3.05. The Hall–Kier alpha value is -4.46. The van der Waals surface area contributed by atoms with Crippen molar-refractivity contribution in [2.45, 2.75) is 44.6 Å². The molecule has 0 N–H and O–H groups in total. The minimum absolute atomic E-state index is 0.0359. The van der Waals surface area contributed by atoms with Crippen molar-refractivity contribution in [2.24, 2.45) is 10.3 Å². The number of nitrogens with zero attached hydrogens (tertiary/aromatic N) is 4. The van der Waals surface area contributed by atoms with Crippen LogP contribution in [0.15, 0.2) is 94.0 Å². The average molecular weight is 495 g/mol. The van der Waals surface area contributed by atoms with Crippen LogP contribution in [0.3, 0.4) is 0 Å². The van der Waals surface area contributed by atoms with E-state index in [2.05, 4.69) is 22.5 Å². The van der Waals surface area contributed by atoms with E-state index in [1.54, 1.807) is 10.6 Å². The van der Waals surface area contributed by atoms with Gasteiger partial charge in [-0.2, -0.15) is 0 Å². The Balaban J connectivity index is 1.43. The Morgan fingerprint density at radius 3 is 2.51 bits per heavy atom. The van der Waals surface area contributed by atoms with Crippen molar-refractivity contribution < 1.29 is 9.63 Å². The molecule has 1 amide bonds. The van der Waals surface area contributed by atoms with E-state index in [-0.39, 0.29) is 18.1 Å². The van der Waals surface area contributed by atoms with E-state index >= 15 is 0 Å². The molecule has 0 fully saturated rings. The number of oxime groups is 1. The molecule has 1 atom stereocenters. The Labute approximate surface area is 213 Å². The zero-order valence-corrected chi connectivity index (χ0v) is 20.2. The molecular weight excluding hydrogens is 468 g/mol. The van der Waals surface area contributed by atoms with Gasteiger partial charge in [0.05, 0.1) is 22.3 Å². The van der Waals surface area contributed by atoms with Crippen LogP contribution in [0.4, 0.5) is 0 Å². The summed E-state index contributed by atoms with van der Waals surface area (Å²) < 4.78 is 1.62. The normalized spacial score (nSPS) is 14.8. The third-order valence-electron chi connectivity index (χ3n) is 6.47. The van der Waals surface area contributed by atoms with Gasteiger partial charge in [0.1, 0.15) is 11.9 Å². The molecule has 1 aromatic heterocycles. The first kappa shape index (κ1) is 24.2. The van der Waals surface area contributed by atoms with Crippen LogP contribution in [0.5, 0.6) is 0 Å². The topological polar surface area (TPSA) is 103 Å². The highest BCUT2D eigenvalue weighted by Crippen LogP contribution is 2.23. The van der Waals surface area contributed by atoms with E-state index in [0.29, 0.717) is 42.4 Å². The second-order valence-electron chi connectivity index (χ2n) is 9.09. The van der Waals surface area contributed by atoms with Gasteiger partial charge < -0.3 is 4.84 Å². The van der Waals surface area contributed by atoms with Crippen molar-refractivity contribution in [3.05, 3.63) is 111 Å². The quantitative estimate of drug-likeness (QED) is 0.237. The number of unbranched alkanes of at least 4 members (excludes halogenated alkanes) is 1. The maximum absolute atomic E-state index is 13.6. The number of benzene rings is 3. The highest BCUT2D eigenvalue weighted by Gasteiger charge is 2.23. The molecule has 0 saturated heterocycles. The molecule has 186 valence electrons. The fraction of sp³-hybridized carbons (Fsp3) is 0.241. The van der Waals surface area contributed by atoms with Gasteiger partial charge in [-0.25, -0.2) is 4.98 Å². The lowest BCUT2D eigenvalue weighted by Gasteiger charge is -2.14. The molecule has 0 spiro atoms. The summed E-state index contributed by atoms with van der Waals surface area (Å²) in [6.45, 7) is 0. The molecule has 1 aliphatic heterocycles. The molecule has 4 aromatic rings. The summed E-state index contributed by atoms with van der Waals surface area (Å²) in [4.78, 5) is 45.8.